The number of amides is 1. The number of hydrogen-bond donors (Lipinski definition) is 1. The number of aromatic nitrogens is 1. The van der Waals surface area contributed by atoms with Crippen molar-refractivity contribution >= 4 is 29.0 Å². The number of anilines is 1. The Labute approximate surface area is 162 Å². The number of aryl methyl sites for hydroxylation is 2. The molecule has 138 valence electrons. The number of nitrogens with zero attached hydrogens (tertiary/aromatic N) is 1. The first kappa shape index (κ1) is 18.9. The van der Waals surface area contributed by atoms with Gasteiger partial charge in [-0.2, -0.15) is 0 Å². The van der Waals surface area contributed by atoms with E-state index in [9.17, 15) is 9.59 Å². The van der Waals surface area contributed by atoms with Crippen LogP contribution in [-0.4, -0.2) is 16.7 Å². The summed E-state index contributed by atoms with van der Waals surface area (Å²) < 4.78 is 5.69. The molecule has 1 amide bonds. The fourth-order valence-electron chi connectivity index (χ4n) is 2.63. The van der Waals surface area contributed by atoms with E-state index >= 15 is 0 Å². The van der Waals surface area contributed by atoms with E-state index in [1.165, 1.54) is 6.92 Å². The summed E-state index contributed by atoms with van der Waals surface area (Å²) in [6.07, 6.45) is 0.0761. The largest absolute Gasteiger partial charge is 0.441 e. The van der Waals surface area contributed by atoms with Gasteiger partial charge in [0.05, 0.1) is 12.1 Å². The van der Waals surface area contributed by atoms with E-state index < -0.39 is 0 Å². The van der Waals surface area contributed by atoms with Crippen LogP contribution >= 0.6 is 11.6 Å². The van der Waals surface area contributed by atoms with Gasteiger partial charge in [0, 0.05) is 21.8 Å². The maximum atomic E-state index is 12.5. The Hall–Kier alpha value is -2.92. The summed E-state index contributed by atoms with van der Waals surface area (Å²) in [5, 5.41) is 3.48. The smallest absolute Gasteiger partial charge is 0.230 e. The summed E-state index contributed by atoms with van der Waals surface area (Å²) in [6, 6.07) is 12.4. The molecule has 0 saturated carbocycles. The van der Waals surface area contributed by atoms with Crippen molar-refractivity contribution in [3.05, 3.63) is 70.1 Å². The van der Waals surface area contributed by atoms with E-state index in [0.29, 0.717) is 33.6 Å². The molecule has 0 atom stereocenters. The maximum Gasteiger partial charge on any atom is 0.230 e. The van der Waals surface area contributed by atoms with Crippen molar-refractivity contribution in [2.45, 2.75) is 27.2 Å². The first-order chi connectivity index (χ1) is 12.8. The summed E-state index contributed by atoms with van der Waals surface area (Å²) in [4.78, 5) is 28.4. The van der Waals surface area contributed by atoms with Crippen LogP contribution in [0.4, 0.5) is 5.69 Å². The van der Waals surface area contributed by atoms with Gasteiger partial charge >= 0.3 is 0 Å². The topological polar surface area (TPSA) is 72.2 Å². The van der Waals surface area contributed by atoms with E-state index in [1.54, 1.807) is 31.2 Å². The van der Waals surface area contributed by atoms with Crippen molar-refractivity contribution in [3.8, 4) is 11.5 Å². The van der Waals surface area contributed by atoms with Crippen LogP contribution in [0.3, 0.4) is 0 Å². The van der Waals surface area contributed by atoms with Crippen LogP contribution in [0.2, 0.25) is 5.02 Å². The number of rotatable bonds is 5. The average Bonchev–Trinajstić information content (AvgIpc) is 2.97. The molecule has 1 aromatic heterocycles. The van der Waals surface area contributed by atoms with E-state index in [2.05, 4.69) is 10.3 Å². The van der Waals surface area contributed by atoms with Gasteiger partial charge < -0.3 is 9.73 Å². The fourth-order valence-corrected chi connectivity index (χ4v) is 2.76. The van der Waals surface area contributed by atoms with Crippen molar-refractivity contribution in [3.63, 3.8) is 0 Å². The van der Waals surface area contributed by atoms with Crippen LogP contribution in [0.1, 0.15) is 34.3 Å². The Bertz CT molecular complexity index is 1010. The standard InChI is InChI=1S/C21H19ClN2O3/c1-12-4-5-16(13(2)25)10-18(12)23-20(26)11-19-14(3)27-21(24-19)15-6-8-17(22)9-7-15/h4-10H,11H2,1-3H3,(H,23,26). The number of nitrogens with one attached hydrogen (secondary N) is 1. The molecule has 0 fully saturated rings. The van der Waals surface area contributed by atoms with Gasteiger partial charge in [-0.15, -0.1) is 0 Å². The maximum absolute atomic E-state index is 12.5. The average molecular weight is 383 g/mol. The minimum atomic E-state index is -0.224. The summed E-state index contributed by atoms with van der Waals surface area (Å²) in [5.41, 5.74) is 3.41. The summed E-state index contributed by atoms with van der Waals surface area (Å²) in [5.74, 6) is 0.759. The summed E-state index contributed by atoms with van der Waals surface area (Å²) in [6.45, 7) is 5.14. The van der Waals surface area contributed by atoms with Gasteiger partial charge in [-0.25, -0.2) is 4.98 Å². The summed E-state index contributed by atoms with van der Waals surface area (Å²) in [7, 11) is 0. The highest BCUT2D eigenvalue weighted by Gasteiger charge is 2.16. The second kappa shape index (κ2) is 7.76. The molecule has 3 aromatic rings. The predicted octanol–water partition coefficient (Wildman–Crippen LogP) is 5.00. The minimum absolute atomic E-state index is 0.0505. The molecule has 0 aliphatic carbocycles. The zero-order valence-electron chi connectivity index (χ0n) is 15.3. The molecule has 0 saturated heterocycles. The van der Waals surface area contributed by atoms with Gasteiger partial charge in [0.2, 0.25) is 11.8 Å². The van der Waals surface area contributed by atoms with Crippen molar-refractivity contribution < 1.29 is 14.0 Å². The lowest BCUT2D eigenvalue weighted by Gasteiger charge is -2.09. The van der Waals surface area contributed by atoms with Crippen molar-refractivity contribution in [1.82, 2.24) is 4.98 Å². The number of benzene rings is 2. The normalized spacial score (nSPS) is 10.7. The highest BCUT2D eigenvalue weighted by Crippen LogP contribution is 2.24. The Balaban J connectivity index is 1.76. The van der Waals surface area contributed by atoms with E-state index in [1.807, 2.05) is 25.1 Å². The fraction of sp³-hybridized carbons (Fsp3) is 0.190. The number of ketones is 1. The van der Waals surface area contributed by atoms with Crippen LogP contribution in [0.15, 0.2) is 46.9 Å². The summed E-state index contributed by atoms with van der Waals surface area (Å²) >= 11 is 5.90. The lowest BCUT2D eigenvalue weighted by molar-refractivity contribution is -0.115. The molecule has 0 spiro atoms. The molecule has 2 aromatic carbocycles. The van der Waals surface area contributed by atoms with Gasteiger partial charge in [0.15, 0.2) is 5.78 Å². The van der Waals surface area contributed by atoms with Crippen LogP contribution in [-0.2, 0) is 11.2 Å². The van der Waals surface area contributed by atoms with Gasteiger partial charge in [0.25, 0.3) is 0 Å². The molecule has 1 N–H and O–H groups in total. The second-order valence-corrected chi connectivity index (χ2v) is 6.78. The Morgan fingerprint density at radius 1 is 1.11 bits per heavy atom. The van der Waals surface area contributed by atoms with Gasteiger partial charge in [0.1, 0.15) is 5.76 Å². The molecule has 3 rings (SSSR count). The number of carbonyl (C=O) groups excluding carboxylic acids is 2. The zero-order chi connectivity index (χ0) is 19.6. The molecule has 0 radical (unpaired) electrons. The Morgan fingerprint density at radius 2 is 1.81 bits per heavy atom. The number of halogens is 1. The molecule has 0 bridgehead atoms. The molecule has 27 heavy (non-hydrogen) atoms. The molecule has 0 aliphatic heterocycles. The van der Waals surface area contributed by atoms with Crippen molar-refractivity contribution in [1.29, 1.82) is 0 Å². The molecule has 0 unspecified atom stereocenters. The molecule has 1 heterocycles. The number of Topliss-reactive ketones (excluding diaryl/α,β-unsaturated/α-hetero) is 1. The van der Waals surface area contributed by atoms with Gasteiger partial charge in [-0.1, -0.05) is 23.7 Å². The van der Waals surface area contributed by atoms with Crippen molar-refractivity contribution in [2.24, 2.45) is 0 Å². The zero-order valence-corrected chi connectivity index (χ0v) is 16.1. The van der Waals surface area contributed by atoms with Gasteiger partial charge in [-0.3, -0.25) is 9.59 Å². The Kier molecular flexibility index (Phi) is 5.42. The third-order valence-electron chi connectivity index (χ3n) is 4.23. The van der Waals surface area contributed by atoms with Crippen LogP contribution in [0.5, 0.6) is 0 Å². The minimum Gasteiger partial charge on any atom is -0.441 e. The number of oxazole rings is 1. The highest BCUT2D eigenvalue weighted by molar-refractivity contribution is 6.30. The molecule has 0 aliphatic rings. The molecular formula is C21H19ClN2O3. The lowest BCUT2D eigenvalue weighted by atomic mass is 10.1. The third kappa shape index (κ3) is 4.44. The van der Waals surface area contributed by atoms with Crippen LogP contribution in [0, 0.1) is 13.8 Å². The monoisotopic (exact) mass is 382 g/mol. The first-order valence-electron chi connectivity index (χ1n) is 8.47. The van der Waals surface area contributed by atoms with Gasteiger partial charge in [-0.05, 0) is 56.7 Å². The van der Waals surface area contributed by atoms with Crippen LogP contribution in [0.25, 0.3) is 11.5 Å². The quantitative estimate of drug-likeness (QED) is 0.630. The Morgan fingerprint density at radius 3 is 2.48 bits per heavy atom. The number of carbonyl (C=O) groups is 2. The second-order valence-electron chi connectivity index (χ2n) is 6.34. The SMILES string of the molecule is CC(=O)c1ccc(C)c(NC(=O)Cc2nc(-c3ccc(Cl)cc3)oc2C)c1. The van der Waals surface area contributed by atoms with E-state index in [4.69, 9.17) is 16.0 Å². The predicted molar refractivity (Wildman–Crippen MR) is 105 cm³/mol. The molecule has 5 nitrogen and oxygen atoms in total. The van der Waals surface area contributed by atoms with Crippen LogP contribution < -0.4 is 5.32 Å². The lowest BCUT2D eigenvalue weighted by Crippen LogP contribution is -2.16. The number of hydrogen-bond acceptors (Lipinski definition) is 4. The van der Waals surface area contributed by atoms with E-state index in [-0.39, 0.29) is 18.1 Å². The van der Waals surface area contributed by atoms with Crippen molar-refractivity contribution in [2.75, 3.05) is 5.32 Å². The third-order valence-corrected chi connectivity index (χ3v) is 4.48. The highest BCUT2D eigenvalue weighted by atomic mass is 35.5. The molecular weight excluding hydrogens is 364 g/mol. The molecule has 6 heteroatoms. The van der Waals surface area contributed by atoms with E-state index in [0.717, 1.165) is 11.1 Å². The first-order valence-corrected chi connectivity index (χ1v) is 8.85.